The number of aromatic nitrogens is 3. The van der Waals surface area contributed by atoms with E-state index in [0.717, 1.165) is 17.0 Å². The molecule has 0 unspecified atom stereocenters. The van der Waals surface area contributed by atoms with Crippen LogP contribution in [0.2, 0.25) is 0 Å². The maximum Gasteiger partial charge on any atom is 0.253 e. The van der Waals surface area contributed by atoms with Crippen LogP contribution >= 0.6 is 0 Å². The van der Waals surface area contributed by atoms with Crippen molar-refractivity contribution in [2.45, 2.75) is 20.4 Å². The van der Waals surface area contributed by atoms with Gasteiger partial charge in [-0.25, -0.2) is 4.98 Å². The minimum Gasteiger partial charge on any atom is -0.352 e. The van der Waals surface area contributed by atoms with E-state index in [0.29, 0.717) is 49.7 Å². The van der Waals surface area contributed by atoms with Crippen molar-refractivity contribution >= 4 is 11.7 Å². The number of anilines is 1. The van der Waals surface area contributed by atoms with Gasteiger partial charge in [0.15, 0.2) is 0 Å². The molecule has 1 fully saturated rings. The van der Waals surface area contributed by atoms with E-state index in [4.69, 9.17) is 0 Å². The van der Waals surface area contributed by atoms with E-state index in [1.807, 2.05) is 53.8 Å². The molecule has 0 aliphatic carbocycles. The Bertz CT molecular complexity index is 1100. The maximum atomic E-state index is 13.1. The minimum atomic E-state index is 0.0337. The van der Waals surface area contributed by atoms with Crippen molar-refractivity contribution in [3.63, 3.8) is 0 Å². The van der Waals surface area contributed by atoms with Gasteiger partial charge in [0, 0.05) is 43.6 Å². The Balaban J connectivity index is 1.43. The van der Waals surface area contributed by atoms with E-state index in [1.54, 1.807) is 18.3 Å². The summed E-state index contributed by atoms with van der Waals surface area (Å²) in [6, 6.07) is 15.6. The summed E-state index contributed by atoms with van der Waals surface area (Å²) < 4.78 is 1.96. The highest BCUT2D eigenvalue weighted by atomic mass is 16.2. The topological polar surface area (TPSA) is 78.0 Å². The van der Waals surface area contributed by atoms with Crippen LogP contribution in [0.15, 0.2) is 48.7 Å². The number of hydrogen-bond acceptors (Lipinski definition) is 5. The van der Waals surface area contributed by atoms with E-state index >= 15 is 0 Å². The molecule has 7 nitrogen and oxygen atoms in total. The predicted octanol–water partition coefficient (Wildman–Crippen LogP) is 2.78. The fourth-order valence-corrected chi connectivity index (χ4v) is 3.85. The minimum absolute atomic E-state index is 0.0337. The van der Waals surface area contributed by atoms with Gasteiger partial charge in [0.2, 0.25) is 0 Å². The molecule has 1 saturated heterocycles. The van der Waals surface area contributed by atoms with Crippen molar-refractivity contribution in [3.05, 3.63) is 76.7 Å². The third kappa shape index (κ3) is 4.03. The van der Waals surface area contributed by atoms with Crippen molar-refractivity contribution in [1.82, 2.24) is 19.7 Å². The van der Waals surface area contributed by atoms with E-state index in [-0.39, 0.29) is 5.91 Å². The standard InChI is InChI=1S/C23H24N6O/c1-17-13-18(2)29(26-17)16-19-5-3-6-20(14-19)23(30)28-11-9-27(10-12-28)22-21(15-24)7-4-8-25-22/h3-8,13-14H,9-12,16H2,1-2H3. The summed E-state index contributed by atoms with van der Waals surface area (Å²) in [5.74, 6) is 0.727. The number of carbonyl (C=O) groups is 1. The molecule has 0 atom stereocenters. The Morgan fingerprint density at radius 1 is 1.10 bits per heavy atom. The first-order valence-corrected chi connectivity index (χ1v) is 10.0. The Morgan fingerprint density at radius 3 is 2.60 bits per heavy atom. The monoisotopic (exact) mass is 400 g/mol. The Morgan fingerprint density at radius 2 is 1.90 bits per heavy atom. The molecule has 0 spiro atoms. The normalized spacial score (nSPS) is 13.9. The van der Waals surface area contributed by atoms with Gasteiger partial charge in [0.1, 0.15) is 11.9 Å². The molecule has 4 rings (SSSR count). The summed E-state index contributed by atoms with van der Waals surface area (Å²) >= 11 is 0. The lowest BCUT2D eigenvalue weighted by atomic mass is 10.1. The summed E-state index contributed by atoms with van der Waals surface area (Å²) in [4.78, 5) is 21.4. The van der Waals surface area contributed by atoms with Crippen LogP contribution in [0.5, 0.6) is 0 Å². The van der Waals surface area contributed by atoms with Crippen LogP contribution in [0, 0.1) is 25.2 Å². The van der Waals surface area contributed by atoms with Gasteiger partial charge in [0.25, 0.3) is 5.91 Å². The zero-order valence-electron chi connectivity index (χ0n) is 17.2. The predicted molar refractivity (Wildman–Crippen MR) is 114 cm³/mol. The molecule has 1 amide bonds. The summed E-state index contributed by atoms with van der Waals surface area (Å²) in [5.41, 5.74) is 4.40. The van der Waals surface area contributed by atoms with E-state index in [2.05, 4.69) is 21.1 Å². The molecule has 1 aliphatic rings. The third-order valence-electron chi connectivity index (χ3n) is 5.38. The molecule has 30 heavy (non-hydrogen) atoms. The van der Waals surface area contributed by atoms with E-state index < -0.39 is 0 Å². The average Bonchev–Trinajstić information content (AvgIpc) is 3.10. The molecule has 1 aromatic carbocycles. The number of benzene rings is 1. The van der Waals surface area contributed by atoms with Gasteiger partial charge in [-0.2, -0.15) is 10.4 Å². The first-order valence-electron chi connectivity index (χ1n) is 10.0. The SMILES string of the molecule is Cc1cc(C)n(Cc2cccc(C(=O)N3CCN(c4ncccc4C#N)CC3)c2)n1. The van der Waals surface area contributed by atoms with Gasteiger partial charge in [0.05, 0.1) is 17.8 Å². The highest BCUT2D eigenvalue weighted by Gasteiger charge is 2.24. The number of nitrogens with zero attached hydrogens (tertiary/aromatic N) is 6. The van der Waals surface area contributed by atoms with E-state index in [1.165, 1.54) is 0 Å². The quantitative estimate of drug-likeness (QED) is 0.673. The highest BCUT2D eigenvalue weighted by molar-refractivity contribution is 5.94. The van der Waals surface area contributed by atoms with Crippen molar-refractivity contribution in [1.29, 1.82) is 5.26 Å². The smallest absolute Gasteiger partial charge is 0.253 e. The van der Waals surface area contributed by atoms with Gasteiger partial charge < -0.3 is 9.80 Å². The van der Waals surface area contributed by atoms with Crippen LogP contribution in [0.1, 0.15) is 32.9 Å². The summed E-state index contributed by atoms with van der Waals surface area (Å²) in [6.45, 7) is 7.17. The van der Waals surface area contributed by atoms with Crippen LogP contribution in [-0.4, -0.2) is 51.8 Å². The number of aryl methyl sites for hydroxylation is 2. The zero-order valence-corrected chi connectivity index (χ0v) is 17.2. The fourth-order valence-electron chi connectivity index (χ4n) is 3.85. The van der Waals surface area contributed by atoms with Gasteiger partial charge in [-0.1, -0.05) is 12.1 Å². The Hall–Kier alpha value is -3.66. The molecule has 0 radical (unpaired) electrons. The van der Waals surface area contributed by atoms with Crippen LogP contribution in [0.3, 0.4) is 0 Å². The molecule has 3 aromatic rings. The molecular formula is C23H24N6O. The van der Waals surface area contributed by atoms with E-state index in [9.17, 15) is 10.1 Å². The number of rotatable bonds is 4. The number of carbonyl (C=O) groups excluding carboxylic acids is 1. The Labute approximate surface area is 176 Å². The van der Waals surface area contributed by atoms with Crippen LogP contribution < -0.4 is 4.90 Å². The summed E-state index contributed by atoms with van der Waals surface area (Å²) in [5, 5.41) is 13.8. The number of hydrogen-bond donors (Lipinski definition) is 0. The van der Waals surface area contributed by atoms with Crippen LogP contribution in [-0.2, 0) is 6.54 Å². The van der Waals surface area contributed by atoms with Gasteiger partial charge in [-0.15, -0.1) is 0 Å². The molecule has 3 heterocycles. The highest BCUT2D eigenvalue weighted by Crippen LogP contribution is 2.19. The van der Waals surface area contributed by atoms with Crippen molar-refractivity contribution in [2.24, 2.45) is 0 Å². The summed E-state index contributed by atoms with van der Waals surface area (Å²) in [7, 11) is 0. The first-order chi connectivity index (χ1) is 14.5. The molecule has 1 aliphatic heterocycles. The van der Waals surface area contributed by atoms with Gasteiger partial charge >= 0.3 is 0 Å². The Kier molecular flexibility index (Phi) is 5.48. The number of piperazine rings is 1. The third-order valence-corrected chi connectivity index (χ3v) is 5.38. The maximum absolute atomic E-state index is 13.1. The molecule has 0 N–H and O–H groups in total. The second kappa shape index (κ2) is 8.37. The first kappa shape index (κ1) is 19.6. The summed E-state index contributed by atoms with van der Waals surface area (Å²) in [6.07, 6.45) is 1.70. The molecular weight excluding hydrogens is 376 g/mol. The van der Waals surface area contributed by atoms with Gasteiger partial charge in [-0.3, -0.25) is 9.48 Å². The lowest BCUT2D eigenvalue weighted by Gasteiger charge is -2.35. The number of amides is 1. The number of pyridine rings is 1. The van der Waals surface area contributed by atoms with Gasteiger partial charge in [-0.05, 0) is 49.7 Å². The zero-order chi connectivity index (χ0) is 21.1. The lowest BCUT2D eigenvalue weighted by Crippen LogP contribution is -2.49. The molecule has 0 saturated carbocycles. The molecule has 152 valence electrons. The second-order valence-corrected chi connectivity index (χ2v) is 7.55. The average molecular weight is 400 g/mol. The lowest BCUT2D eigenvalue weighted by molar-refractivity contribution is 0.0746. The van der Waals surface area contributed by atoms with Crippen molar-refractivity contribution in [2.75, 3.05) is 31.1 Å². The van der Waals surface area contributed by atoms with Crippen LogP contribution in [0.4, 0.5) is 5.82 Å². The fraction of sp³-hybridized carbons (Fsp3) is 0.304. The molecule has 0 bridgehead atoms. The molecule has 7 heteroatoms. The molecule has 2 aromatic heterocycles. The second-order valence-electron chi connectivity index (χ2n) is 7.55. The number of nitriles is 1. The van der Waals surface area contributed by atoms with Crippen molar-refractivity contribution in [3.8, 4) is 6.07 Å². The van der Waals surface area contributed by atoms with Crippen LogP contribution in [0.25, 0.3) is 0 Å². The van der Waals surface area contributed by atoms with Crippen molar-refractivity contribution < 1.29 is 4.79 Å². The largest absolute Gasteiger partial charge is 0.352 e.